The molecule has 0 unspecified atom stereocenters. The van der Waals surface area contributed by atoms with Gasteiger partial charge in [0, 0.05) is 24.7 Å². The fourth-order valence-corrected chi connectivity index (χ4v) is 5.43. The van der Waals surface area contributed by atoms with Gasteiger partial charge in [-0.25, -0.2) is 9.37 Å². The molecule has 168 valence electrons. The van der Waals surface area contributed by atoms with E-state index in [1.165, 1.54) is 31.4 Å². The third-order valence-corrected chi connectivity index (χ3v) is 7.21. The monoisotopic (exact) mass is 434 g/mol. The van der Waals surface area contributed by atoms with Gasteiger partial charge < -0.3 is 5.32 Å². The zero-order valence-electron chi connectivity index (χ0n) is 18.5. The molecule has 1 aromatic carbocycles. The van der Waals surface area contributed by atoms with E-state index in [1.807, 2.05) is 40.9 Å². The second kappa shape index (κ2) is 9.02. The van der Waals surface area contributed by atoms with Crippen molar-refractivity contribution in [1.82, 2.24) is 19.6 Å². The zero-order valence-corrected chi connectivity index (χ0v) is 18.5. The first kappa shape index (κ1) is 21.1. The largest absolute Gasteiger partial charge is 0.350 e. The van der Waals surface area contributed by atoms with Crippen molar-refractivity contribution < 1.29 is 9.18 Å². The van der Waals surface area contributed by atoms with E-state index in [0.717, 1.165) is 62.2 Å². The maximum Gasteiger partial charge on any atom is 0.268 e. The Labute approximate surface area is 188 Å². The van der Waals surface area contributed by atoms with Gasteiger partial charge in [-0.3, -0.25) is 14.1 Å². The minimum Gasteiger partial charge on any atom is -0.350 e. The molecular weight excluding hydrogens is 403 g/mol. The van der Waals surface area contributed by atoms with E-state index < -0.39 is 0 Å². The maximum absolute atomic E-state index is 13.5. The van der Waals surface area contributed by atoms with E-state index >= 15 is 0 Å². The zero-order chi connectivity index (χ0) is 22.0. The van der Waals surface area contributed by atoms with Crippen molar-refractivity contribution >= 4 is 11.6 Å². The predicted octanol–water partition coefficient (Wildman–Crippen LogP) is 4.70. The third kappa shape index (κ3) is 4.29. The Hall–Kier alpha value is -2.73. The van der Waals surface area contributed by atoms with Crippen LogP contribution in [0.25, 0.3) is 5.65 Å². The molecule has 0 spiro atoms. The molecule has 1 saturated carbocycles. The van der Waals surface area contributed by atoms with E-state index in [0.29, 0.717) is 12.2 Å². The summed E-state index contributed by atoms with van der Waals surface area (Å²) in [5, 5.41) is 3.21. The van der Waals surface area contributed by atoms with Crippen LogP contribution in [0.1, 0.15) is 66.7 Å². The molecule has 5 rings (SSSR count). The quantitative estimate of drug-likeness (QED) is 0.612. The Balaban J connectivity index is 1.35. The summed E-state index contributed by atoms with van der Waals surface area (Å²) in [5.74, 6) is -0.312. The fraction of sp³-hybridized carbons (Fsp3) is 0.462. The molecular formula is C26H31FN4O. The Morgan fingerprint density at radius 2 is 1.75 bits per heavy atom. The molecule has 6 heteroatoms. The van der Waals surface area contributed by atoms with Crippen molar-refractivity contribution in [2.75, 3.05) is 19.6 Å². The number of fused-ring (bicyclic) bond motifs is 1. The highest BCUT2D eigenvalue weighted by Gasteiger charge is 2.34. The number of rotatable bonds is 6. The average molecular weight is 435 g/mol. The first-order chi connectivity index (χ1) is 15.6. The predicted molar refractivity (Wildman–Crippen MR) is 123 cm³/mol. The van der Waals surface area contributed by atoms with Crippen molar-refractivity contribution in [3.05, 3.63) is 71.4 Å². The standard InChI is InChI=1S/C26H31FN4O/c27-21-11-9-20(10-12-21)26(13-2-1-3-14-26)19-28-25(32)23-7-6-8-24-29-22(18-31(23)24)17-30-15-4-5-16-30/h6-12,18H,1-5,13-17,19H2,(H,28,32). The number of likely N-dealkylation sites (tertiary alicyclic amines) is 1. The number of hydrogen-bond acceptors (Lipinski definition) is 3. The van der Waals surface area contributed by atoms with Gasteiger partial charge in [0.05, 0.1) is 5.69 Å². The number of pyridine rings is 1. The minimum atomic E-state index is -0.222. The summed E-state index contributed by atoms with van der Waals surface area (Å²) in [4.78, 5) is 20.4. The summed E-state index contributed by atoms with van der Waals surface area (Å²) >= 11 is 0. The molecule has 1 saturated heterocycles. The molecule has 1 aliphatic carbocycles. The number of amides is 1. The minimum absolute atomic E-state index is 0.0900. The molecule has 0 bridgehead atoms. The number of aromatic nitrogens is 2. The normalized spacial score (nSPS) is 18.8. The second-order valence-corrected chi connectivity index (χ2v) is 9.39. The number of nitrogens with one attached hydrogen (secondary N) is 1. The Bertz CT molecular complexity index is 1080. The van der Waals surface area contributed by atoms with Crippen LogP contribution in [-0.2, 0) is 12.0 Å². The van der Waals surface area contributed by atoms with Crippen LogP contribution in [0.3, 0.4) is 0 Å². The maximum atomic E-state index is 13.5. The van der Waals surface area contributed by atoms with Gasteiger partial charge in [-0.05, 0) is 68.6 Å². The number of hydrogen-bond donors (Lipinski definition) is 1. The van der Waals surface area contributed by atoms with Crippen LogP contribution >= 0.6 is 0 Å². The van der Waals surface area contributed by atoms with Gasteiger partial charge in [0.15, 0.2) is 0 Å². The summed E-state index contributed by atoms with van der Waals surface area (Å²) < 4.78 is 15.4. The van der Waals surface area contributed by atoms with Gasteiger partial charge in [-0.15, -0.1) is 0 Å². The van der Waals surface area contributed by atoms with Gasteiger partial charge in [-0.2, -0.15) is 0 Å². The Morgan fingerprint density at radius 3 is 2.50 bits per heavy atom. The first-order valence-corrected chi connectivity index (χ1v) is 11.9. The molecule has 0 radical (unpaired) electrons. The smallest absolute Gasteiger partial charge is 0.268 e. The highest BCUT2D eigenvalue weighted by Crippen LogP contribution is 2.39. The second-order valence-electron chi connectivity index (χ2n) is 9.39. The molecule has 1 amide bonds. The van der Waals surface area contributed by atoms with E-state index in [-0.39, 0.29) is 17.1 Å². The SMILES string of the molecule is O=C(NCC1(c2ccc(F)cc2)CCCCC1)c1cccc2nc(CN3CCCC3)cn12. The molecule has 2 aromatic heterocycles. The molecule has 32 heavy (non-hydrogen) atoms. The lowest BCUT2D eigenvalue weighted by Crippen LogP contribution is -2.42. The van der Waals surface area contributed by atoms with Crippen LogP contribution in [0.15, 0.2) is 48.7 Å². The van der Waals surface area contributed by atoms with Gasteiger partial charge in [0.2, 0.25) is 0 Å². The number of halogens is 1. The van der Waals surface area contributed by atoms with Gasteiger partial charge in [0.25, 0.3) is 5.91 Å². The van der Waals surface area contributed by atoms with E-state index in [9.17, 15) is 9.18 Å². The summed E-state index contributed by atoms with van der Waals surface area (Å²) in [6.07, 6.45) is 9.98. The fourth-order valence-electron chi connectivity index (χ4n) is 5.43. The van der Waals surface area contributed by atoms with Crippen LogP contribution in [-0.4, -0.2) is 39.8 Å². The molecule has 0 atom stereocenters. The first-order valence-electron chi connectivity index (χ1n) is 11.9. The Kier molecular flexibility index (Phi) is 5.96. The van der Waals surface area contributed by atoms with Crippen LogP contribution < -0.4 is 5.32 Å². The van der Waals surface area contributed by atoms with Crippen molar-refractivity contribution in [3.63, 3.8) is 0 Å². The summed E-state index contributed by atoms with van der Waals surface area (Å²) in [5.41, 5.74) is 3.39. The Morgan fingerprint density at radius 1 is 1.00 bits per heavy atom. The van der Waals surface area contributed by atoms with Crippen molar-refractivity contribution in [2.45, 2.75) is 56.9 Å². The van der Waals surface area contributed by atoms with Crippen LogP contribution in [0, 0.1) is 5.82 Å². The number of nitrogens with zero attached hydrogens (tertiary/aromatic N) is 3. The molecule has 5 nitrogen and oxygen atoms in total. The van der Waals surface area contributed by atoms with Crippen molar-refractivity contribution in [3.8, 4) is 0 Å². The topological polar surface area (TPSA) is 49.6 Å². The van der Waals surface area contributed by atoms with E-state index in [4.69, 9.17) is 4.98 Å². The lowest BCUT2D eigenvalue weighted by Gasteiger charge is -2.38. The third-order valence-electron chi connectivity index (χ3n) is 7.21. The molecule has 3 heterocycles. The van der Waals surface area contributed by atoms with Gasteiger partial charge in [-0.1, -0.05) is 37.5 Å². The lowest BCUT2D eigenvalue weighted by atomic mass is 9.69. The molecule has 1 N–H and O–H groups in total. The number of carbonyl (C=O) groups excluding carboxylic acids is 1. The molecule has 3 aromatic rings. The van der Waals surface area contributed by atoms with Crippen LogP contribution in [0.2, 0.25) is 0 Å². The van der Waals surface area contributed by atoms with E-state index in [1.54, 1.807) is 0 Å². The number of carbonyl (C=O) groups is 1. The van der Waals surface area contributed by atoms with Crippen LogP contribution in [0.5, 0.6) is 0 Å². The molecule has 2 fully saturated rings. The average Bonchev–Trinajstić information content (AvgIpc) is 3.48. The summed E-state index contributed by atoms with van der Waals surface area (Å²) in [6, 6.07) is 12.5. The summed E-state index contributed by atoms with van der Waals surface area (Å²) in [6.45, 7) is 3.62. The van der Waals surface area contributed by atoms with Crippen molar-refractivity contribution in [1.29, 1.82) is 0 Å². The van der Waals surface area contributed by atoms with Crippen LogP contribution in [0.4, 0.5) is 4.39 Å². The summed E-state index contributed by atoms with van der Waals surface area (Å²) in [7, 11) is 0. The van der Waals surface area contributed by atoms with E-state index in [2.05, 4.69) is 10.2 Å². The molecule has 2 aliphatic rings. The molecule has 1 aliphatic heterocycles. The highest BCUT2D eigenvalue weighted by molar-refractivity contribution is 5.93. The highest BCUT2D eigenvalue weighted by atomic mass is 19.1. The number of imidazole rings is 1. The van der Waals surface area contributed by atoms with Gasteiger partial charge >= 0.3 is 0 Å². The van der Waals surface area contributed by atoms with Gasteiger partial charge in [0.1, 0.15) is 17.2 Å². The lowest BCUT2D eigenvalue weighted by molar-refractivity contribution is 0.0930. The number of benzene rings is 1. The van der Waals surface area contributed by atoms with Crippen molar-refractivity contribution in [2.24, 2.45) is 0 Å².